The maximum Gasteiger partial charge on any atom is 0.494 e. The molecule has 1 aliphatic carbocycles. The fraction of sp³-hybridized carbons (Fsp3) is 0.409. The molecule has 4 rings (SSSR count). The average Bonchev–Trinajstić information content (AvgIpc) is 2.97. The van der Waals surface area contributed by atoms with Crippen molar-refractivity contribution >= 4 is 24.2 Å². The van der Waals surface area contributed by atoms with Gasteiger partial charge in [0.05, 0.1) is 16.9 Å². The van der Waals surface area contributed by atoms with E-state index < -0.39 is 0 Å². The monoisotopic (exact) mass is 347 g/mol. The zero-order valence-electron chi connectivity index (χ0n) is 16.5. The van der Waals surface area contributed by atoms with Gasteiger partial charge in [-0.3, -0.25) is 4.98 Å². The molecule has 0 radical (unpaired) electrons. The molecule has 0 amide bonds. The summed E-state index contributed by atoms with van der Waals surface area (Å²) in [5.41, 5.74) is 5.16. The van der Waals surface area contributed by atoms with Gasteiger partial charge in [-0.05, 0) is 68.1 Å². The highest BCUT2D eigenvalue weighted by Gasteiger charge is 2.52. The predicted octanol–water partition coefficient (Wildman–Crippen LogP) is 4.21. The molecule has 0 spiro atoms. The van der Waals surface area contributed by atoms with Gasteiger partial charge in [-0.25, -0.2) is 0 Å². The highest BCUT2D eigenvalue weighted by atomic mass is 16.7. The van der Waals surface area contributed by atoms with Gasteiger partial charge in [0.25, 0.3) is 0 Å². The standard InChI is InChI=1S/C22H26BNO2/c1-20(2)17-11-10-16(23-25-21(3,4)22(5,6)26-23)13-15(17)14-18(20)19-9-7-8-12-24-19/h7-14H,1-6H3. The number of rotatable bonds is 2. The van der Waals surface area contributed by atoms with Crippen LogP contribution in [0.2, 0.25) is 0 Å². The Morgan fingerprint density at radius 2 is 1.58 bits per heavy atom. The Bertz CT molecular complexity index is 868. The molecule has 26 heavy (non-hydrogen) atoms. The van der Waals surface area contributed by atoms with Crippen molar-refractivity contribution in [1.82, 2.24) is 4.98 Å². The molecule has 2 heterocycles. The zero-order valence-corrected chi connectivity index (χ0v) is 16.5. The molecule has 1 aromatic carbocycles. The van der Waals surface area contributed by atoms with Gasteiger partial charge in [0, 0.05) is 11.6 Å². The first-order chi connectivity index (χ1) is 12.1. The lowest BCUT2D eigenvalue weighted by Gasteiger charge is -2.32. The highest BCUT2D eigenvalue weighted by Crippen LogP contribution is 2.45. The minimum atomic E-state index is -0.333. The van der Waals surface area contributed by atoms with Crippen molar-refractivity contribution in [1.29, 1.82) is 0 Å². The number of pyridine rings is 1. The maximum absolute atomic E-state index is 6.22. The summed E-state index contributed by atoms with van der Waals surface area (Å²) in [5, 5.41) is 0. The van der Waals surface area contributed by atoms with Crippen LogP contribution in [0, 0.1) is 0 Å². The van der Waals surface area contributed by atoms with Gasteiger partial charge in [-0.15, -0.1) is 0 Å². The highest BCUT2D eigenvalue weighted by molar-refractivity contribution is 6.62. The van der Waals surface area contributed by atoms with Crippen LogP contribution in [0.15, 0.2) is 42.6 Å². The summed E-state index contributed by atoms with van der Waals surface area (Å²) < 4.78 is 12.4. The molecule has 0 atom stereocenters. The van der Waals surface area contributed by atoms with Gasteiger partial charge in [0.2, 0.25) is 0 Å². The molecule has 0 bridgehead atoms. The van der Waals surface area contributed by atoms with Crippen molar-refractivity contribution in [2.45, 2.75) is 58.2 Å². The van der Waals surface area contributed by atoms with Crippen LogP contribution in [-0.2, 0) is 14.7 Å². The first kappa shape index (κ1) is 17.5. The van der Waals surface area contributed by atoms with Gasteiger partial charge < -0.3 is 9.31 Å². The summed E-state index contributed by atoms with van der Waals surface area (Å²) in [7, 11) is -0.333. The van der Waals surface area contributed by atoms with Gasteiger partial charge in [-0.1, -0.05) is 38.1 Å². The molecule has 0 unspecified atom stereocenters. The quantitative estimate of drug-likeness (QED) is 0.763. The summed E-state index contributed by atoms with van der Waals surface area (Å²) in [5.74, 6) is 0. The summed E-state index contributed by atoms with van der Waals surface area (Å²) in [6.07, 6.45) is 4.11. The van der Waals surface area contributed by atoms with E-state index in [1.54, 1.807) is 0 Å². The number of hydrogen-bond donors (Lipinski definition) is 0. The van der Waals surface area contributed by atoms with Crippen molar-refractivity contribution < 1.29 is 9.31 Å². The van der Waals surface area contributed by atoms with E-state index in [-0.39, 0.29) is 23.7 Å². The van der Waals surface area contributed by atoms with Crippen molar-refractivity contribution in [2.75, 3.05) is 0 Å². The van der Waals surface area contributed by atoms with Crippen LogP contribution < -0.4 is 5.46 Å². The largest absolute Gasteiger partial charge is 0.494 e. The second kappa shape index (κ2) is 5.54. The Morgan fingerprint density at radius 1 is 0.885 bits per heavy atom. The molecule has 3 nitrogen and oxygen atoms in total. The van der Waals surface area contributed by atoms with Crippen molar-refractivity contribution in [2.24, 2.45) is 0 Å². The SMILES string of the molecule is CC1(C)C(c2ccccn2)=Cc2cc(B3OC(C)(C)C(C)(C)O3)ccc21. The molecule has 1 aromatic heterocycles. The van der Waals surface area contributed by atoms with Crippen LogP contribution in [0.4, 0.5) is 0 Å². The van der Waals surface area contributed by atoms with E-state index in [1.807, 2.05) is 18.3 Å². The average molecular weight is 347 g/mol. The van der Waals surface area contributed by atoms with E-state index in [4.69, 9.17) is 9.31 Å². The molecular weight excluding hydrogens is 321 g/mol. The Hall–Kier alpha value is -1.91. The molecule has 134 valence electrons. The second-order valence-electron chi connectivity index (χ2n) is 8.83. The van der Waals surface area contributed by atoms with E-state index in [0.29, 0.717) is 0 Å². The van der Waals surface area contributed by atoms with Crippen LogP contribution >= 0.6 is 0 Å². The van der Waals surface area contributed by atoms with E-state index in [0.717, 1.165) is 11.2 Å². The Labute approximate surface area is 156 Å². The van der Waals surface area contributed by atoms with E-state index in [2.05, 4.69) is 76.9 Å². The van der Waals surface area contributed by atoms with Gasteiger partial charge >= 0.3 is 7.12 Å². The summed E-state index contributed by atoms with van der Waals surface area (Å²) in [6, 6.07) is 12.6. The molecule has 1 saturated heterocycles. The normalized spacial score (nSPS) is 22.2. The Kier molecular flexibility index (Phi) is 3.73. The molecule has 0 N–H and O–H groups in total. The van der Waals surface area contributed by atoms with Crippen LogP contribution in [0.1, 0.15) is 58.4 Å². The number of nitrogens with zero attached hydrogens (tertiary/aromatic N) is 1. The molecule has 1 aliphatic heterocycles. The lowest BCUT2D eigenvalue weighted by molar-refractivity contribution is 0.00578. The van der Waals surface area contributed by atoms with Crippen LogP contribution in [0.5, 0.6) is 0 Å². The van der Waals surface area contributed by atoms with Crippen LogP contribution in [0.25, 0.3) is 11.6 Å². The third kappa shape index (κ3) is 2.55. The summed E-state index contributed by atoms with van der Waals surface area (Å²) >= 11 is 0. The minimum absolute atomic E-state index is 0.0713. The van der Waals surface area contributed by atoms with Crippen molar-refractivity contribution in [3.63, 3.8) is 0 Å². The van der Waals surface area contributed by atoms with Gasteiger partial charge in [0.1, 0.15) is 0 Å². The number of benzene rings is 1. The topological polar surface area (TPSA) is 31.4 Å². The Morgan fingerprint density at radius 3 is 2.19 bits per heavy atom. The number of allylic oxidation sites excluding steroid dienone is 1. The van der Waals surface area contributed by atoms with Crippen molar-refractivity contribution in [3.8, 4) is 0 Å². The minimum Gasteiger partial charge on any atom is -0.399 e. The summed E-state index contributed by atoms with van der Waals surface area (Å²) in [4.78, 5) is 4.56. The van der Waals surface area contributed by atoms with Gasteiger partial charge in [0.15, 0.2) is 0 Å². The predicted molar refractivity (Wildman–Crippen MR) is 107 cm³/mol. The second-order valence-corrected chi connectivity index (χ2v) is 8.83. The zero-order chi connectivity index (χ0) is 18.7. The first-order valence-corrected chi connectivity index (χ1v) is 9.25. The van der Waals surface area contributed by atoms with Crippen molar-refractivity contribution in [3.05, 3.63) is 59.4 Å². The molecule has 4 heteroatoms. The van der Waals surface area contributed by atoms with Gasteiger partial charge in [-0.2, -0.15) is 0 Å². The third-order valence-electron chi connectivity index (χ3n) is 6.19. The third-order valence-corrected chi connectivity index (χ3v) is 6.19. The van der Waals surface area contributed by atoms with E-state index >= 15 is 0 Å². The fourth-order valence-corrected chi connectivity index (χ4v) is 3.79. The first-order valence-electron chi connectivity index (χ1n) is 9.25. The molecule has 0 saturated carbocycles. The maximum atomic E-state index is 6.22. The number of fused-ring (bicyclic) bond motifs is 1. The Balaban J connectivity index is 1.72. The number of hydrogen-bond acceptors (Lipinski definition) is 3. The molecule has 2 aliphatic rings. The van der Waals surface area contributed by atoms with Crippen LogP contribution in [-0.4, -0.2) is 23.3 Å². The fourth-order valence-electron chi connectivity index (χ4n) is 3.79. The van der Waals surface area contributed by atoms with E-state index in [9.17, 15) is 0 Å². The van der Waals surface area contributed by atoms with Crippen LogP contribution in [0.3, 0.4) is 0 Å². The lowest BCUT2D eigenvalue weighted by Crippen LogP contribution is -2.41. The smallest absolute Gasteiger partial charge is 0.399 e. The molecular formula is C22H26BNO2. The summed E-state index contributed by atoms with van der Waals surface area (Å²) in [6.45, 7) is 12.9. The number of aromatic nitrogens is 1. The lowest BCUT2D eigenvalue weighted by atomic mass is 9.75. The van der Waals surface area contributed by atoms with E-state index in [1.165, 1.54) is 16.7 Å². The molecule has 1 fully saturated rings. The molecule has 2 aromatic rings.